The molecule has 0 bridgehead atoms. The number of carbonyl (C=O) groups excluding carboxylic acids is 1. The third kappa shape index (κ3) is 4.09. The first-order valence-corrected chi connectivity index (χ1v) is 9.06. The third-order valence-electron chi connectivity index (χ3n) is 4.68. The van der Waals surface area contributed by atoms with E-state index in [-0.39, 0.29) is 6.42 Å². The molecule has 0 fully saturated rings. The lowest BCUT2D eigenvalue weighted by Crippen LogP contribution is -2.47. The summed E-state index contributed by atoms with van der Waals surface area (Å²) in [5.41, 5.74) is 3.62. The number of fused-ring (bicyclic) bond motifs is 1. The highest BCUT2D eigenvalue weighted by atomic mass is 16.4. The van der Waals surface area contributed by atoms with Crippen LogP contribution < -0.4 is 9.47 Å². The summed E-state index contributed by atoms with van der Waals surface area (Å²) in [7, 11) is 3.98. The fourth-order valence-corrected chi connectivity index (χ4v) is 3.20. The van der Waals surface area contributed by atoms with Crippen molar-refractivity contribution in [2.75, 3.05) is 19.0 Å². The molecule has 1 heterocycles. The Morgan fingerprint density at radius 1 is 1.04 bits per heavy atom. The molecule has 0 saturated carbocycles. The smallest absolute Gasteiger partial charge is 0.373 e. The van der Waals surface area contributed by atoms with E-state index in [0.29, 0.717) is 6.29 Å². The summed E-state index contributed by atoms with van der Waals surface area (Å²) in [6.07, 6.45) is 4.39. The van der Waals surface area contributed by atoms with Crippen molar-refractivity contribution < 1.29 is 19.3 Å². The molecule has 5 heteroatoms. The van der Waals surface area contributed by atoms with Gasteiger partial charge in [0, 0.05) is 43.4 Å². The predicted molar refractivity (Wildman–Crippen MR) is 111 cm³/mol. The number of aromatic nitrogens is 1. The van der Waals surface area contributed by atoms with E-state index >= 15 is 0 Å². The van der Waals surface area contributed by atoms with Gasteiger partial charge in [-0.15, -0.1) is 0 Å². The maximum Gasteiger partial charge on any atom is 0.373 e. The van der Waals surface area contributed by atoms with Crippen molar-refractivity contribution in [1.82, 2.24) is 0 Å². The van der Waals surface area contributed by atoms with E-state index in [0.717, 1.165) is 27.8 Å². The van der Waals surface area contributed by atoms with Crippen molar-refractivity contribution in [3.63, 3.8) is 0 Å². The molecule has 1 aromatic heterocycles. The monoisotopic (exact) mass is 375 g/mol. The Hall–Kier alpha value is -3.47. The molecule has 28 heavy (non-hydrogen) atoms. The predicted octanol–water partition coefficient (Wildman–Crippen LogP) is 3.58. The SMILES string of the molecule is CN(C)c1ccc(/C=C/c2ccc3ccccc3[n+]2C(CC=O)C(=O)O)cc1. The van der Waals surface area contributed by atoms with Crippen LogP contribution in [0.3, 0.4) is 0 Å². The van der Waals surface area contributed by atoms with E-state index in [1.807, 2.05) is 91.8 Å². The number of nitrogens with zero attached hydrogens (tertiary/aromatic N) is 2. The Labute approximate surface area is 164 Å². The second kappa shape index (κ2) is 8.48. The average molecular weight is 375 g/mol. The quantitative estimate of drug-likeness (QED) is 0.506. The molecule has 1 N–H and O–H groups in total. The number of hydrogen-bond acceptors (Lipinski definition) is 3. The summed E-state index contributed by atoms with van der Waals surface area (Å²) >= 11 is 0. The van der Waals surface area contributed by atoms with Crippen LogP contribution in [0.5, 0.6) is 0 Å². The molecule has 0 aliphatic rings. The number of hydrogen-bond donors (Lipinski definition) is 1. The van der Waals surface area contributed by atoms with Crippen LogP contribution in [-0.2, 0) is 9.59 Å². The average Bonchev–Trinajstić information content (AvgIpc) is 2.70. The van der Waals surface area contributed by atoms with Crippen LogP contribution in [0.2, 0.25) is 0 Å². The van der Waals surface area contributed by atoms with E-state index in [9.17, 15) is 14.7 Å². The zero-order valence-electron chi connectivity index (χ0n) is 15.9. The normalized spacial score (nSPS) is 12.2. The third-order valence-corrected chi connectivity index (χ3v) is 4.68. The molecule has 5 nitrogen and oxygen atoms in total. The minimum absolute atomic E-state index is 0.0909. The topological polar surface area (TPSA) is 61.5 Å². The lowest BCUT2D eigenvalue weighted by Gasteiger charge is -2.12. The second-order valence-corrected chi connectivity index (χ2v) is 6.76. The van der Waals surface area contributed by atoms with Crippen molar-refractivity contribution in [3.05, 3.63) is 71.9 Å². The van der Waals surface area contributed by atoms with Crippen LogP contribution in [0.15, 0.2) is 60.7 Å². The molecule has 0 spiro atoms. The van der Waals surface area contributed by atoms with Gasteiger partial charge in [0.05, 0.1) is 6.42 Å². The fraction of sp³-hybridized carbons (Fsp3) is 0.174. The number of carbonyl (C=O) groups is 2. The minimum Gasteiger partial charge on any atom is -0.476 e. The Bertz CT molecular complexity index is 1020. The van der Waals surface area contributed by atoms with Crippen LogP contribution in [0, 0.1) is 0 Å². The number of rotatable bonds is 7. The first kappa shape index (κ1) is 19.3. The summed E-state index contributed by atoms with van der Waals surface area (Å²) in [6.45, 7) is 0. The molecule has 1 unspecified atom stereocenters. The van der Waals surface area contributed by atoms with E-state index < -0.39 is 12.0 Å². The van der Waals surface area contributed by atoms with Gasteiger partial charge in [-0.05, 0) is 35.9 Å². The Morgan fingerprint density at radius 3 is 2.39 bits per heavy atom. The largest absolute Gasteiger partial charge is 0.476 e. The lowest BCUT2D eigenvalue weighted by atomic mass is 10.1. The molecule has 0 radical (unpaired) electrons. The molecule has 1 atom stereocenters. The molecular formula is C23H23N2O3+. The second-order valence-electron chi connectivity index (χ2n) is 6.76. The van der Waals surface area contributed by atoms with Crippen molar-refractivity contribution in [2.24, 2.45) is 0 Å². The number of benzene rings is 2. The number of carboxylic acids is 1. The highest BCUT2D eigenvalue weighted by Crippen LogP contribution is 2.18. The number of carboxylic acid groups (broad SMARTS) is 1. The highest BCUT2D eigenvalue weighted by molar-refractivity contribution is 5.80. The van der Waals surface area contributed by atoms with Crippen LogP contribution in [0.25, 0.3) is 23.1 Å². The molecule has 0 amide bonds. The zero-order chi connectivity index (χ0) is 20.1. The summed E-state index contributed by atoms with van der Waals surface area (Å²) in [5.74, 6) is -1.03. The van der Waals surface area contributed by atoms with Crippen LogP contribution >= 0.6 is 0 Å². The first-order chi connectivity index (χ1) is 13.5. The van der Waals surface area contributed by atoms with Gasteiger partial charge in [-0.25, -0.2) is 4.79 Å². The Kier molecular flexibility index (Phi) is 5.84. The van der Waals surface area contributed by atoms with Crippen LogP contribution in [0.4, 0.5) is 5.69 Å². The number of para-hydroxylation sites is 1. The lowest BCUT2D eigenvalue weighted by molar-refractivity contribution is -0.686. The minimum atomic E-state index is -1.03. The number of aldehydes is 1. The summed E-state index contributed by atoms with van der Waals surface area (Å²) in [5, 5.41) is 10.6. The van der Waals surface area contributed by atoms with Gasteiger partial charge in [-0.1, -0.05) is 24.3 Å². The van der Waals surface area contributed by atoms with Gasteiger partial charge in [0.25, 0.3) is 6.04 Å². The van der Waals surface area contributed by atoms with Gasteiger partial charge in [-0.2, -0.15) is 4.57 Å². The summed E-state index contributed by atoms with van der Waals surface area (Å²) in [6, 6.07) is 18.5. The fourth-order valence-electron chi connectivity index (χ4n) is 3.20. The standard InChI is InChI=1S/C23H22N2O3/c1-24(2)19-11-7-17(8-12-19)9-13-20-14-10-18-5-3-4-6-21(18)25(20)22(15-16-26)23(27)28/h3-14,16,22H,15H2,1-2H3/p+1. The van der Waals surface area contributed by atoms with Crippen LogP contribution in [0.1, 0.15) is 23.7 Å². The number of anilines is 1. The maximum atomic E-state index is 11.9. The van der Waals surface area contributed by atoms with Gasteiger partial charge in [-0.3, -0.25) is 0 Å². The van der Waals surface area contributed by atoms with Gasteiger partial charge in [0.2, 0.25) is 11.2 Å². The number of aliphatic carboxylic acids is 1. The molecule has 3 rings (SSSR count). The van der Waals surface area contributed by atoms with E-state index in [2.05, 4.69) is 0 Å². The molecule has 0 aliphatic heterocycles. The Balaban J connectivity index is 2.08. The molecular weight excluding hydrogens is 352 g/mol. The molecule has 2 aromatic carbocycles. The van der Waals surface area contributed by atoms with Gasteiger partial charge < -0.3 is 14.8 Å². The first-order valence-electron chi connectivity index (χ1n) is 9.06. The van der Waals surface area contributed by atoms with Crippen molar-refractivity contribution in [1.29, 1.82) is 0 Å². The van der Waals surface area contributed by atoms with Crippen molar-refractivity contribution in [3.8, 4) is 0 Å². The van der Waals surface area contributed by atoms with Crippen molar-refractivity contribution >= 4 is 41.0 Å². The summed E-state index contributed by atoms with van der Waals surface area (Å²) in [4.78, 5) is 25.0. The zero-order valence-corrected chi connectivity index (χ0v) is 15.9. The molecule has 142 valence electrons. The Morgan fingerprint density at radius 2 is 1.75 bits per heavy atom. The highest BCUT2D eigenvalue weighted by Gasteiger charge is 2.31. The molecule has 0 saturated heterocycles. The van der Waals surface area contributed by atoms with E-state index in [1.165, 1.54) is 0 Å². The van der Waals surface area contributed by atoms with E-state index in [4.69, 9.17) is 0 Å². The van der Waals surface area contributed by atoms with Crippen LogP contribution in [-0.4, -0.2) is 31.5 Å². The van der Waals surface area contributed by atoms with Gasteiger partial charge >= 0.3 is 5.97 Å². The number of pyridine rings is 1. The van der Waals surface area contributed by atoms with Gasteiger partial charge in [0.15, 0.2) is 0 Å². The summed E-state index contributed by atoms with van der Waals surface area (Å²) < 4.78 is 1.72. The molecule has 3 aromatic rings. The van der Waals surface area contributed by atoms with Crippen molar-refractivity contribution in [2.45, 2.75) is 12.5 Å². The maximum absolute atomic E-state index is 11.9. The van der Waals surface area contributed by atoms with Gasteiger partial charge in [0.1, 0.15) is 6.29 Å². The molecule has 0 aliphatic carbocycles. The van der Waals surface area contributed by atoms with E-state index in [1.54, 1.807) is 4.57 Å².